The molecule has 2 heterocycles. The van der Waals surface area contributed by atoms with Crippen LogP contribution in [0.5, 0.6) is 0 Å². The highest BCUT2D eigenvalue weighted by molar-refractivity contribution is 7.11. The predicted octanol–water partition coefficient (Wildman–Crippen LogP) is 4.63. The second-order valence-electron chi connectivity index (χ2n) is 3.49. The Kier molecular flexibility index (Phi) is 2.71. The maximum Gasteiger partial charge on any atom is 0.238 e. The van der Waals surface area contributed by atoms with Gasteiger partial charge in [0.1, 0.15) is 10.5 Å². The van der Waals surface area contributed by atoms with Crippen LogP contribution in [-0.4, -0.2) is 4.98 Å². The molecular formula is C13H8ClNOS. The molecule has 0 N–H and O–H groups in total. The van der Waals surface area contributed by atoms with E-state index in [-0.39, 0.29) is 0 Å². The van der Waals surface area contributed by atoms with Crippen LogP contribution in [0.25, 0.3) is 22.2 Å². The summed E-state index contributed by atoms with van der Waals surface area (Å²) in [6.45, 7) is 0. The summed E-state index contributed by atoms with van der Waals surface area (Å²) in [7, 11) is 0. The fraction of sp³-hybridized carbons (Fsp3) is 0. The molecule has 0 saturated carbocycles. The number of thiophene rings is 1. The van der Waals surface area contributed by atoms with Crippen molar-refractivity contribution in [2.45, 2.75) is 0 Å². The van der Waals surface area contributed by atoms with Gasteiger partial charge in [-0.2, -0.15) is 0 Å². The summed E-state index contributed by atoms with van der Waals surface area (Å²) in [5.41, 5.74) is 1.57. The Morgan fingerprint density at radius 2 is 2.12 bits per heavy atom. The quantitative estimate of drug-likeness (QED) is 0.672. The van der Waals surface area contributed by atoms with Gasteiger partial charge in [-0.1, -0.05) is 29.8 Å². The van der Waals surface area contributed by atoms with Crippen LogP contribution < -0.4 is 0 Å². The van der Waals surface area contributed by atoms with E-state index >= 15 is 0 Å². The first kappa shape index (κ1) is 10.6. The highest BCUT2D eigenvalue weighted by Gasteiger charge is 2.08. The van der Waals surface area contributed by atoms with Gasteiger partial charge in [0.05, 0.1) is 0 Å². The molecule has 0 radical (unpaired) electrons. The second kappa shape index (κ2) is 4.35. The Labute approximate surface area is 107 Å². The van der Waals surface area contributed by atoms with E-state index in [1.807, 2.05) is 47.9 Å². The lowest BCUT2D eigenvalue weighted by Crippen LogP contribution is -1.74. The molecule has 84 valence electrons. The number of halogens is 1. The fourth-order valence-electron chi connectivity index (χ4n) is 1.53. The largest absolute Gasteiger partial charge is 0.435 e. The monoisotopic (exact) mass is 261 g/mol. The van der Waals surface area contributed by atoms with Gasteiger partial charge < -0.3 is 4.42 Å². The lowest BCUT2D eigenvalue weighted by atomic mass is 10.3. The van der Waals surface area contributed by atoms with Crippen LogP contribution in [0, 0.1) is 0 Å². The van der Waals surface area contributed by atoms with Crippen molar-refractivity contribution in [3.63, 3.8) is 0 Å². The van der Waals surface area contributed by atoms with Crippen LogP contribution in [-0.2, 0) is 0 Å². The maximum atomic E-state index is 6.18. The molecule has 2 aromatic heterocycles. The second-order valence-corrected chi connectivity index (χ2v) is 4.88. The SMILES string of the molecule is Cl/C(=C\c1cccs1)c1nc2ccccc2o1. The first-order chi connectivity index (χ1) is 8.33. The molecule has 3 aromatic rings. The van der Waals surface area contributed by atoms with Crippen LogP contribution in [0.1, 0.15) is 10.8 Å². The Morgan fingerprint density at radius 3 is 2.88 bits per heavy atom. The minimum Gasteiger partial charge on any atom is -0.435 e. The van der Waals surface area contributed by atoms with Crippen molar-refractivity contribution in [1.82, 2.24) is 4.98 Å². The van der Waals surface area contributed by atoms with Gasteiger partial charge in [-0.05, 0) is 29.7 Å². The van der Waals surface area contributed by atoms with Crippen LogP contribution in [0.2, 0.25) is 0 Å². The smallest absolute Gasteiger partial charge is 0.238 e. The summed E-state index contributed by atoms with van der Waals surface area (Å²) in [6, 6.07) is 11.6. The van der Waals surface area contributed by atoms with E-state index in [9.17, 15) is 0 Å². The zero-order chi connectivity index (χ0) is 11.7. The molecule has 3 rings (SSSR count). The minimum atomic E-state index is 0.460. The summed E-state index contributed by atoms with van der Waals surface area (Å²) < 4.78 is 5.57. The molecule has 4 heteroatoms. The maximum absolute atomic E-state index is 6.18. The number of benzene rings is 1. The van der Waals surface area contributed by atoms with Crippen molar-refractivity contribution in [3.8, 4) is 0 Å². The van der Waals surface area contributed by atoms with Crippen molar-refractivity contribution >= 4 is 45.1 Å². The number of para-hydroxylation sites is 2. The van der Waals surface area contributed by atoms with Crippen molar-refractivity contribution in [2.75, 3.05) is 0 Å². The van der Waals surface area contributed by atoms with Crippen molar-refractivity contribution in [2.24, 2.45) is 0 Å². The van der Waals surface area contributed by atoms with E-state index in [1.54, 1.807) is 11.3 Å². The number of hydrogen-bond donors (Lipinski definition) is 0. The number of rotatable bonds is 2. The molecule has 1 aromatic carbocycles. The summed E-state index contributed by atoms with van der Waals surface area (Å²) in [6.07, 6.45) is 1.86. The molecule has 0 spiro atoms. The van der Waals surface area contributed by atoms with Gasteiger partial charge in [0.15, 0.2) is 5.58 Å². The number of fused-ring (bicyclic) bond motifs is 1. The minimum absolute atomic E-state index is 0.460. The summed E-state index contributed by atoms with van der Waals surface area (Å²) >= 11 is 7.80. The van der Waals surface area contributed by atoms with Gasteiger partial charge in [-0.25, -0.2) is 4.98 Å². The van der Waals surface area contributed by atoms with Gasteiger partial charge in [-0.3, -0.25) is 0 Å². The third kappa shape index (κ3) is 2.12. The van der Waals surface area contributed by atoms with Gasteiger partial charge in [0.25, 0.3) is 0 Å². The molecule has 0 aliphatic carbocycles. The Morgan fingerprint density at radius 1 is 1.24 bits per heavy atom. The van der Waals surface area contributed by atoms with E-state index < -0.39 is 0 Å². The number of hydrogen-bond acceptors (Lipinski definition) is 3. The zero-order valence-corrected chi connectivity index (χ0v) is 10.3. The van der Waals surface area contributed by atoms with Crippen LogP contribution in [0.4, 0.5) is 0 Å². The molecule has 17 heavy (non-hydrogen) atoms. The summed E-state index contributed by atoms with van der Waals surface area (Å²) in [5, 5.41) is 2.52. The third-order valence-corrected chi connectivity index (χ3v) is 3.40. The molecule has 0 amide bonds. The number of oxazole rings is 1. The molecule has 0 aliphatic heterocycles. The predicted molar refractivity (Wildman–Crippen MR) is 72.1 cm³/mol. The highest BCUT2D eigenvalue weighted by atomic mass is 35.5. The number of nitrogens with zero attached hydrogens (tertiary/aromatic N) is 1. The molecular weight excluding hydrogens is 254 g/mol. The molecule has 0 unspecified atom stereocenters. The Bertz CT molecular complexity index is 637. The van der Waals surface area contributed by atoms with Crippen LogP contribution >= 0.6 is 22.9 Å². The molecule has 0 fully saturated rings. The van der Waals surface area contributed by atoms with E-state index in [2.05, 4.69) is 4.98 Å². The van der Waals surface area contributed by atoms with Crippen molar-refractivity contribution < 1.29 is 4.42 Å². The lowest BCUT2D eigenvalue weighted by Gasteiger charge is -1.89. The average molecular weight is 262 g/mol. The van der Waals surface area contributed by atoms with Gasteiger partial charge >= 0.3 is 0 Å². The van der Waals surface area contributed by atoms with E-state index in [0.717, 1.165) is 16.0 Å². The first-order valence-electron chi connectivity index (χ1n) is 5.09. The average Bonchev–Trinajstić information content (AvgIpc) is 2.96. The molecule has 0 bridgehead atoms. The summed E-state index contributed by atoms with van der Waals surface area (Å²) in [5.74, 6) is 0.460. The van der Waals surface area contributed by atoms with Crippen LogP contribution in [0.3, 0.4) is 0 Å². The van der Waals surface area contributed by atoms with Gasteiger partial charge in [-0.15, -0.1) is 11.3 Å². The van der Waals surface area contributed by atoms with Gasteiger partial charge in [0.2, 0.25) is 5.89 Å². The molecule has 0 atom stereocenters. The molecule has 0 saturated heterocycles. The standard InChI is InChI=1S/C13H8ClNOS/c14-10(8-9-4-3-7-17-9)13-15-11-5-1-2-6-12(11)16-13/h1-8H/b10-8-. The molecule has 0 aliphatic rings. The fourth-order valence-corrected chi connectivity index (χ4v) is 2.45. The zero-order valence-electron chi connectivity index (χ0n) is 8.76. The third-order valence-electron chi connectivity index (χ3n) is 2.31. The van der Waals surface area contributed by atoms with Crippen molar-refractivity contribution in [1.29, 1.82) is 0 Å². The first-order valence-corrected chi connectivity index (χ1v) is 6.35. The van der Waals surface area contributed by atoms with E-state index in [4.69, 9.17) is 16.0 Å². The highest BCUT2D eigenvalue weighted by Crippen LogP contribution is 2.26. The topological polar surface area (TPSA) is 26.0 Å². The Balaban J connectivity index is 2.03. The molecule has 2 nitrogen and oxygen atoms in total. The van der Waals surface area contributed by atoms with E-state index in [1.165, 1.54) is 0 Å². The Hall–Kier alpha value is -1.58. The van der Waals surface area contributed by atoms with Crippen molar-refractivity contribution in [3.05, 3.63) is 52.5 Å². The normalized spacial score (nSPS) is 12.2. The van der Waals surface area contributed by atoms with Gasteiger partial charge in [0, 0.05) is 4.88 Å². The number of aromatic nitrogens is 1. The lowest BCUT2D eigenvalue weighted by molar-refractivity contribution is 0.588. The van der Waals surface area contributed by atoms with Crippen LogP contribution in [0.15, 0.2) is 46.2 Å². The van der Waals surface area contributed by atoms with E-state index in [0.29, 0.717) is 10.9 Å². The summed E-state index contributed by atoms with van der Waals surface area (Å²) in [4.78, 5) is 5.41.